The number of esters is 1. The lowest BCUT2D eigenvalue weighted by Gasteiger charge is -2.10. The number of halogens is 1. The fourth-order valence-corrected chi connectivity index (χ4v) is 2.03. The van der Waals surface area contributed by atoms with Crippen molar-refractivity contribution in [2.75, 3.05) is 0 Å². The molecule has 2 rings (SSSR count). The predicted octanol–water partition coefficient (Wildman–Crippen LogP) is 2.39. The van der Waals surface area contributed by atoms with Gasteiger partial charge in [0.25, 0.3) is 0 Å². The van der Waals surface area contributed by atoms with Gasteiger partial charge < -0.3 is 4.74 Å². The molecule has 1 aromatic heterocycles. The highest BCUT2D eigenvalue weighted by atomic mass is 79.9. The maximum absolute atomic E-state index is 10.8. The largest absolute Gasteiger partial charge is 0.456 e. The number of carbonyl (C=O) groups is 1. The number of carbonyl (C=O) groups excluding carboxylic acids is 1. The number of nitrogens with zero attached hydrogens (tertiary/aromatic N) is 1. The third-order valence-electron chi connectivity index (χ3n) is 2.27. The molecular weight excluding hydrogens is 246 g/mol. The molecule has 0 spiro atoms. The van der Waals surface area contributed by atoms with Crippen LogP contribution < -0.4 is 0 Å². The van der Waals surface area contributed by atoms with E-state index in [0.29, 0.717) is 0 Å². The van der Waals surface area contributed by atoms with E-state index < -0.39 is 0 Å². The van der Waals surface area contributed by atoms with Gasteiger partial charge in [-0.05, 0) is 40.4 Å². The van der Waals surface area contributed by atoms with Gasteiger partial charge in [0, 0.05) is 6.92 Å². The number of hydrogen-bond donors (Lipinski definition) is 0. The van der Waals surface area contributed by atoms with E-state index in [0.717, 1.165) is 23.1 Å². The second-order valence-corrected chi connectivity index (χ2v) is 4.13. The van der Waals surface area contributed by atoms with Gasteiger partial charge in [-0.25, -0.2) is 4.98 Å². The average molecular weight is 256 g/mol. The van der Waals surface area contributed by atoms with E-state index in [4.69, 9.17) is 4.74 Å². The molecule has 74 valence electrons. The van der Waals surface area contributed by atoms with Crippen LogP contribution in [0.15, 0.2) is 16.7 Å². The molecule has 4 heteroatoms. The number of pyridine rings is 1. The van der Waals surface area contributed by atoms with E-state index in [1.54, 1.807) is 0 Å². The maximum atomic E-state index is 10.8. The summed E-state index contributed by atoms with van der Waals surface area (Å²) in [5.41, 5.74) is 2.08. The lowest BCUT2D eigenvalue weighted by molar-refractivity contribution is -0.146. The van der Waals surface area contributed by atoms with E-state index in [9.17, 15) is 4.79 Å². The normalized spacial score (nSPS) is 19.1. The second-order valence-electron chi connectivity index (χ2n) is 3.32. The minimum absolute atomic E-state index is 0.153. The Kier molecular flexibility index (Phi) is 2.54. The van der Waals surface area contributed by atoms with Crippen molar-refractivity contribution >= 4 is 21.9 Å². The molecule has 1 aliphatic carbocycles. The number of rotatable bonds is 1. The summed E-state index contributed by atoms with van der Waals surface area (Å²) in [5, 5.41) is 0. The Morgan fingerprint density at radius 3 is 3.14 bits per heavy atom. The first-order chi connectivity index (χ1) is 6.66. The van der Waals surface area contributed by atoms with Crippen molar-refractivity contribution in [3.8, 4) is 0 Å². The summed E-state index contributed by atoms with van der Waals surface area (Å²) in [4.78, 5) is 15.2. The van der Waals surface area contributed by atoms with Gasteiger partial charge in [-0.15, -0.1) is 0 Å². The second kappa shape index (κ2) is 3.69. The van der Waals surface area contributed by atoms with Crippen molar-refractivity contribution in [3.63, 3.8) is 0 Å². The van der Waals surface area contributed by atoms with E-state index >= 15 is 0 Å². The molecule has 0 aromatic carbocycles. The van der Waals surface area contributed by atoms with Gasteiger partial charge in [0.05, 0.1) is 5.69 Å². The molecule has 14 heavy (non-hydrogen) atoms. The van der Waals surface area contributed by atoms with Gasteiger partial charge in [-0.3, -0.25) is 4.79 Å². The lowest BCUT2D eigenvalue weighted by Crippen LogP contribution is -2.06. The number of aryl methyl sites for hydroxylation is 1. The van der Waals surface area contributed by atoms with Crippen molar-refractivity contribution < 1.29 is 9.53 Å². The van der Waals surface area contributed by atoms with Crippen LogP contribution in [-0.2, 0) is 16.0 Å². The highest BCUT2D eigenvalue weighted by Gasteiger charge is 2.26. The van der Waals surface area contributed by atoms with Crippen LogP contribution in [0.1, 0.15) is 30.7 Å². The molecule has 0 saturated carbocycles. The number of aromatic nitrogens is 1. The summed E-state index contributed by atoms with van der Waals surface area (Å²) < 4.78 is 5.96. The number of fused-ring (bicyclic) bond motifs is 1. The van der Waals surface area contributed by atoms with Gasteiger partial charge in [-0.2, -0.15) is 0 Å². The van der Waals surface area contributed by atoms with Crippen molar-refractivity contribution in [3.05, 3.63) is 28.0 Å². The molecule has 0 N–H and O–H groups in total. The molecular formula is C10H10BrNO2. The summed E-state index contributed by atoms with van der Waals surface area (Å²) in [6.07, 6.45) is 1.63. The monoisotopic (exact) mass is 255 g/mol. The van der Waals surface area contributed by atoms with Gasteiger partial charge in [0.2, 0.25) is 0 Å². The molecule has 0 fully saturated rings. The Labute approximate surface area is 90.6 Å². The van der Waals surface area contributed by atoms with Gasteiger partial charge in [-0.1, -0.05) is 6.07 Å². The van der Waals surface area contributed by atoms with E-state index in [1.165, 1.54) is 12.5 Å². The van der Waals surface area contributed by atoms with Crippen LogP contribution in [0.5, 0.6) is 0 Å². The Bertz CT molecular complexity index is 378. The summed E-state index contributed by atoms with van der Waals surface area (Å²) in [5.74, 6) is -0.246. The van der Waals surface area contributed by atoms with Crippen molar-refractivity contribution in [2.24, 2.45) is 0 Å². The van der Waals surface area contributed by atoms with Crippen LogP contribution in [-0.4, -0.2) is 11.0 Å². The Hall–Kier alpha value is -0.900. The summed E-state index contributed by atoms with van der Waals surface area (Å²) in [7, 11) is 0. The zero-order valence-corrected chi connectivity index (χ0v) is 9.37. The minimum atomic E-state index is -0.246. The topological polar surface area (TPSA) is 39.2 Å². The van der Waals surface area contributed by atoms with E-state index in [-0.39, 0.29) is 12.1 Å². The Balaban J connectivity index is 2.28. The maximum Gasteiger partial charge on any atom is 0.303 e. The predicted molar refractivity (Wildman–Crippen MR) is 54.8 cm³/mol. The van der Waals surface area contributed by atoms with E-state index in [1.807, 2.05) is 12.1 Å². The molecule has 0 amide bonds. The molecule has 1 aliphatic rings. The summed E-state index contributed by atoms with van der Waals surface area (Å²) >= 11 is 3.31. The van der Waals surface area contributed by atoms with Crippen LogP contribution in [0, 0.1) is 0 Å². The fourth-order valence-electron chi connectivity index (χ4n) is 1.71. The van der Waals surface area contributed by atoms with Crippen LogP contribution >= 0.6 is 15.9 Å². The molecule has 0 saturated heterocycles. The first-order valence-corrected chi connectivity index (χ1v) is 5.28. The molecule has 1 heterocycles. The summed E-state index contributed by atoms with van der Waals surface area (Å²) in [6.45, 7) is 1.43. The van der Waals surface area contributed by atoms with Crippen molar-refractivity contribution in [1.82, 2.24) is 4.98 Å². The highest BCUT2D eigenvalue weighted by Crippen LogP contribution is 2.33. The van der Waals surface area contributed by atoms with Crippen molar-refractivity contribution in [1.29, 1.82) is 0 Å². The van der Waals surface area contributed by atoms with Crippen LogP contribution in [0.3, 0.4) is 0 Å². The molecule has 1 aromatic rings. The van der Waals surface area contributed by atoms with E-state index in [2.05, 4.69) is 20.9 Å². The molecule has 0 bridgehead atoms. The third kappa shape index (κ3) is 1.80. The number of ether oxygens (including phenoxy) is 1. The first-order valence-electron chi connectivity index (χ1n) is 4.49. The average Bonchev–Trinajstić information content (AvgIpc) is 2.47. The van der Waals surface area contributed by atoms with Crippen LogP contribution in [0.2, 0.25) is 0 Å². The SMILES string of the molecule is CC(=O)OC1CCc2ccc(Br)nc21. The van der Waals surface area contributed by atoms with Crippen LogP contribution in [0.25, 0.3) is 0 Å². The Morgan fingerprint density at radius 1 is 1.64 bits per heavy atom. The van der Waals surface area contributed by atoms with Crippen molar-refractivity contribution in [2.45, 2.75) is 25.9 Å². The molecule has 1 atom stereocenters. The molecule has 1 unspecified atom stereocenters. The molecule has 0 radical (unpaired) electrons. The fraction of sp³-hybridized carbons (Fsp3) is 0.400. The highest BCUT2D eigenvalue weighted by molar-refractivity contribution is 9.10. The molecule has 0 aliphatic heterocycles. The zero-order valence-electron chi connectivity index (χ0n) is 7.79. The van der Waals surface area contributed by atoms with Gasteiger partial charge >= 0.3 is 5.97 Å². The first kappa shape index (κ1) is 9.65. The van der Waals surface area contributed by atoms with Gasteiger partial charge in [0.15, 0.2) is 0 Å². The Morgan fingerprint density at radius 2 is 2.43 bits per heavy atom. The summed E-state index contributed by atoms with van der Waals surface area (Å²) in [6, 6.07) is 3.94. The van der Waals surface area contributed by atoms with Crippen LogP contribution in [0.4, 0.5) is 0 Å². The van der Waals surface area contributed by atoms with Gasteiger partial charge in [0.1, 0.15) is 10.7 Å². The number of hydrogen-bond acceptors (Lipinski definition) is 3. The third-order valence-corrected chi connectivity index (χ3v) is 2.71. The zero-order chi connectivity index (χ0) is 10.1. The minimum Gasteiger partial charge on any atom is -0.456 e. The lowest BCUT2D eigenvalue weighted by atomic mass is 10.2. The smallest absolute Gasteiger partial charge is 0.303 e. The quantitative estimate of drug-likeness (QED) is 0.572. The standard InChI is InChI=1S/C10H10BrNO2/c1-6(13)14-8-4-2-7-3-5-9(11)12-10(7)8/h3,5,8H,2,4H2,1H3. The molecule has 3 nitrogen and oxygen atoms in total.